The molecule has 0 saturated heterocycles. The van der Waals surface area contributed by atoms with Gasteiger partial charge in [-0.05, 0) is 104 Å². The summed E-state index contributed by atoms with van der Waals surface area (Å²) in [6, 6.07) is 0. The topological polar surface area (TPSA) is 57.5 Å². The first kappa shape index (κ1) is 24.0. The summed E-state index contributed by atoms with van der Waals surface area (Å²) in [5.74, 6) is 5.37. The van der Waals surface area contributed by atoms with Crippen molar-refractivity contribution in [1.82, 2.24) is 0 Å². The smallest absolute Gasteiger partial charge is 0.321 e. The average molecular weight is 451 g/mol. The Hall–Kier alpha value is -0.110. The van der Waals surface area contributed by atoms with E-state index in [1.54, 1.807) is 0 Å². The van der Waals surface area contributed by atoms with Gasteiger partial charge in [-0.25, -0.2) is 0 Å². The quantitative estimate of drug-likeness (QED) is 0.406. The fraction of sp³-hybridized carbons (Fsp3) is 0.926. The molecule has 0 heterocycles. The SMILES string of the molecule is CC(C)CCC[C@@H](C)[C@H]1CC[C@H]2[C@@H]3CCC4C=C(P(=O)(O)O)CC[C@]4(C)[C@H]3CC[C@]12C. The molecule has 4 aliphatic rings. The standard InChI is InChI=1S/C27H47O3P/c1-18(2)7-6-8-19(3)23-11-12-24-22-10-9-20-17-21(31(28,29)30)13-15-26(20,4)25(22)14-16-27(23,24)5/h17-20,22-25H,6-16H2,1-5H3,(H2,28,29,30)/t19-,20?,22+,23-,24+,25+,26+,27-/m1/s1. The van der Waals surface area contributed by atoms with Crippen molar-refractivity contribution in [2.45, 2.75) is 105 Å². The van der Waals surface area contributed by atoms with E-state index in [4.69, 9.17) is 0 Å². The lowest BCUT2D eigenvalue weighted by Crippen LogP contribution is -2.52. The van der Waals surface area contributed by atoms with E-state index in [1.807, 2.05) is 6.08 Å². The fourth-order valence-corrected chi connectivity index (χ4v) is 9.89. The second-order valence-corrected chi connectivity index (χ2v) is 14.5. The summed E-state index contributed by atoms with van der Waals surface area (Å²) in [7, 11) is -4.07. The van der Waals surface area contributed by atoms with Crippen LogP contribution in [0.3, 0.4) is 0 Å². The van der Waals surface area contributed by atoms with E-state index in [1.165, 1.54) is 51.4 Å². The highest BCUT2D eigenvalue weighted by molar-refractivity contribution is 7.56. The van der Waals surface area contributed by atoms with E-state index >= 15 is 0 Å². The van der Waals surface area contributed by atoms with E-state index < -0.39 is 7.60 Å². The van der Waals surface area contributed by atoms with Crippen molar-refractivity contribution in [3.63, 3.8) is 0 Å². The minimum Gasteiger partial charge on any atom is -0.321 e. The first-order chi connectivity index (χ1) is 14.5. The Morgan fingerprint density at radius 1 is 0.968 bits per heavy atom. The van der Waals surface area contributed by atoms with Gasteiger partial charge in [-0.2, -0.15) is 0 Å². The van der Waals surface area contributed by atoms with Crippen molar-refractivity contribution >= 4 is 7.60 Å². The minimum absolute atomic E-state index is 0.240. The van der Waals surface area contributed by atoms with Gasteiger partial charge in [0.15, 0.2) is 0 Å². The molecule has 178 valence electrons. The van der Waals surface area contributed by atoms with Crippen LogP contribution >= 0.6 is 7.60 Å². The summed E-state index contributed by atoms with van der Waals surface area (Å²) >= 11 is 0. The molecule has 0 amide bonds. The highest BCUT2D eigenvalue weighted by Crippen LogP contribution is 2.69. The number of allylic oxidation sites excluding steroid dienone is 2. The molecule has 1 unspecified atom stereocenters. The second kappa shape index (κ2) is 8.59. The molecule has 2 N–H and O–H groups in total. The van der Waals surface area contributed by atoms with Crippen LogP contribution in [0.15, 0.2) is 11.4 Å². The maximum absolute atomic E-state index is 11.9. The Kier molecular flexibility index (Phi) is 6.66. The highest BCUT2D eigenvalue weighted by atomic mass is 31.2. The van der Waals surface area contributed by atoms with E-state index in [2.05, 4.69) is 34.6 Å². The molecule has 4 rings (SSSR count). The van der Waals surface area contributed by atoms with Crippen LogP contribution in [0.4, 0.5) is 0 Å². The van der Waals surface area contributed by atoms with Crippen LogP contribution in [0.2, 0.25) is 0 Å². The van der Waals surface area contributed by atoms with Crippen LogP contribution in [0.1, 0.15) is 105 Å². The van der Waals surface area contributed by atoms with Crippen LogP contribution in [0.5, 0.6) is 0 Å². The molecule has 0 aromatic rings. The van der Waals surface area contributed by atoms with Gasteiger partial charge in [-0.1, -0.05) is 60.0 Å². The molecule has 4 heteroatoms. The van der Waals surface area contributed by atoms with Crippen molar-refractivity contribution in [3.05, 3.63) is 11.4 Å². The summed E-state index contributed by atoms with van der Waals surface area (Å²) in [6.07, 6.45) is 15.7. The second-order valence-electron chi connectivity index (χ2n) is 12.8. The predicted octanol–water partition coefficient (Wildman–Crippen LogP) is 7.78. The van der Waals surface area contributed by atoms with E-state index in [9.17, 15) is 14.4 Å². The Morgan fingerprint density at radius 2 is 1.68 bits per heavy atom. The van der Waals surface area contributed by atoms with Crippen LogP contribution < -0.4 is 0 Å². The predicted molar refractivity (Wildman–Crippen MR) is 129 cm³/mol. The lowest BCUT2D eigenvalue weighted by atomic mass is 9.45. The van der Waals surface area contributed by atoms with E-state index in [0.29, 0.717) is 23.1 Å². The highest BCUT2D eigenvalue weighted by Gasteiger charge is 2.60. The monoisotopic (exact) mass is 450 g/mol. The first-order valence-corrected chi connectivity index (χ1v) is 14.8. The van der Waals surface area contributed by atoms with Gasteiger partial charge in [0.25, 0.3) is 0 Å². The zero-order valence-corrected chi connectivity index (χ0v) is 21.5. The molecule has 0 spiro atoms. The van der Waals surface area contributed by atoms with Crippen LogP contribution in [0, 0.1) is 52.3 Å². The van der Waals surface area contributed by atoms with Gasteiger partial charge in [0.1, 0.15) is 0 Å². The summed E-state index contributed by atoms with van der Waals surface area (Å²) in [5, 5.41) is 0.422. The van der Waals surface area contributed by atoms with Crippen molar-refractivity contribution in [2.24, 2.45) is 52.3 Å². The zero-order chi connectivity index (χ0) is 22.6. The molecule has 0 radical (unpaired) electrons. The largest absolute Gasteiger partial charge is 0.351 e. The van der Waals surface area contributed by atoms with Gasteiger partial charge in [-0.15, -0.1) is 0 Å². The molecular weight excluding hydrogens is 403 g/mol. The molecule has 0 aromatic carbocycles. The molecule has 0 bridgehead atoms. The minimum atomic E-state index is -4.07. The summed E-state index contributed by atoms with van der Waals surface area (Å²) < 4.78 is 11.9. The van der Waals surface area contributed by atoms with Crippen LogP contribution in [-0.4, -0.2) is 9.79 Å². The van der Waals surface area contributed by atoms with Crippen molar-refractivity contribution in [3.8, 4) is 0 Å². The summed E-state index contributed by atoms with van der Waals surface area (Å²) in [5.41, 5.74) is 0.757. The van der Waals surface area contributed by atoms with E-state index in [0.717, 1.165) is 48.3 Å². The van der Waals surface area contributed by atoms with Crippen LogP contribution in [-0.2, 0) is 4.57 Å². The normalized spacial score (nSPS) is 43.7. The first-order valence-electron chi connectivity index (χ1n) is 13.2. The van der Waals surface area contributed by atoms with Crippen molar-refractivity contribution < 1.29 is 14.4 Å². The molecule has 0 aromatic heterocycles. The summed E-state index contributed by atoms with van der Waals surface area (Å²) in [6.45, 7) is 12.3. The molecule has 0 aliphatic heterocycles. The van der Waals surface area contributed by atoms with Gasteiger partial charge in [-0.3, -0.25) is 4.57 Å². The van der Waals surface area contributed by atoms with Crippen molar-refractivity contribution in [1.29, 1.82) is 0 Å². The zero-order valence-electron chi connectivity index (χ0n) is 20.6. The Morgan fingerprint density at radius 3 is 2.35 bits per heavy atom. The number of fused-ring (bicyclic) bond motifs is 5. The molecule has 3 fully saturated rings. The Balaban J connectivity index is 1.49. The average Bonchev–Trinajstić information content (AvgIpc) is 3.03. The third-order valence-electron chi connectivity index (χ3n) is 10.8. The van der Waals surface area contributed by atoms with Gasteiger partial charge in [0.05, 0.1) is 0 Å². The maximum Gasteiger partial charge on any atom is 0.351 e. The van der Waals surface area contributed by atoms with E-state index in [-0.39, 0.29) is 5.41 Å². The number of hydrogen-bond acceptors (Lipinski definition) is 1. The Labute approximate surface area is 191 Å². The third-order valence-corrected chi connectivity index (χ3v) is 12.0. The Bertz CT molecular complexity index is 739. The molecule has 3 saturated carbocycles. The van der Waals surface area contributed by atoms with Gasteiger partial charge in [0, 0.05) is 5.31 Å². The summed E-state index contributed by atoms with van der Waals surface area (Å²) in [4.78, 5) is 19.4. The van der Waals surface area contributed by atoms with Gasteiger partial charge < -0.3 is 9.79 Å². The molecule has 4 aliphatic carbocycles. The lowest BCUT2D eigenvalue weighted by Gasteiger charge is -2.60. The maximum atomic E-state index is 11.9. The lowest BCUT2D eigenvalue weighted by molar-refractivity contribution is -0.0959. The van der Waals surface area contributed by atoms with Gasteiger partial charge >= 0.3 is 7.60 Å². The van der Waals surface area contributed by atoms with Crippen molar-refractivity contribution in [2.75, 3.05) is 0 Å². The fourth-order valence-electron chi connectivity index (χ4n) is 9.11. The molecule has 8 atom stereocenters. The molecule has 31 heavy (non-hydrogen) atoms. The molecular formula is C27H47O3P. The number of hydrogen-bond donors (Lipinski definition) is 2. The third kappa shape index (κ3) is 4.26. The molecule has 3 nitrogen and oxygen atoms in total. The van der Waals surface area contributed by atoms with Crippen LogP contribution in [0.25, 0.3) is 0 Å². The van der Waals surface area contributed by atoms with Gasteiger partial charge in [0.2, 0.25) is 0 Å². The number of rotatable bonds is 6.